The van der Waals surface area contributed by atoms with Gasteiger partial charge in [0, 0.05) is 4.88 Å². The van der Waals surface area contributed by atoms with Crippen molar-refractivity contribution >= 4 is 61.7 Å². The lowest BCUT2D eigenvalue weighted by Crippen LogP contribution is -2.23. The van der Waals surface area contributed by atoms with Gasteiger partial charge in [-0.2, -0.15) is 0 Å². The molecule has 0 saturated heterocycles. The minimum Gasteiger partial charge on any atom is -0.462 e. The SMILES string of the molecule is CCOC(=O)c1sc(NC(=O)CSc2nc3sc4c(c3c(=O)n2-c2ccccc2)CCCC4)nc1C. The number of carbonyl (C=O) groups excluding carboxylic acids is 2. The van der Waals surface area contributed by atoms with Crippen LogP contribution in [0, 0.1) is 6.92 Å². The van der Waals surface area contributed by atoms with Gasteiger partial charge < -0.3 is 10.1 Å². The number of para-hydroxylation sites is 1. The number of thioether (sulfide) groups is 1. The Bertz CT molecular complexity index is 1510. The molecule has 186 valence electrons. The van der Waals surface area contributed by atoms with Crippen molar-refractivity contribution in [2.75, 3.05) is 17.7 Å². The van der Waals surface area contributed by atoms with Gasteiger partial charge in [0.05, 0.1) is 29.1 Å². The number of aryl methyl sites for hydroxylation is 3. The highest BCUT2D eigenvalue weighted by atomic mass is 32.2. The summed E-state index contributed by atoms with van der Waals surface area (Å²) in [6.07, 6.45) is 4.08. The smallest absolute Gasteiger partial charge is 0.350 e. The van der Waals surface area contributed by atoms with Crippen LogP contribution >= 0.6 is 34.4 Å². The van der Waals surface area contributed by atoms with Crippen molar-refractivity contribution in [2.24, 2.45) is 0 Å². The second-order valence-corrected chi connectivity index (χ2v) is 11.3. The Kier molecular flexibility index (Phi) is 7.22. The van der Waals surface area contributed by atoms with Crippen LogP contribution in [-0.4, -0.2) is 38.8 Å². The topological polar surface area (TPSA) is 103 Å². The van der Waals surface area contributed by atoms with E-state index >= 15 is 0 Å². The molecule has 0 bridgehead atoms. The molecule has 0 spiro atoms. The number of nitrogens with zero attached hydrogens (tertiary/aromatic N) is 3. The van der Waals surface area contributed by atoms with E-state index in [1.54, 1.807) is 29.8 Å². The van der Waals surface area contributed by atoms with Crippen LogP contribution in [0.5, 0.6) is 0 Å². The maximum Gasteiger partial charge on any atom is 0.350 e. The molecule has 5 rings (SSSR count). The zero-order valence-electron chi connectivity index (χ0n) is 19.8. The summed E-state index contributed by atoms with van der Waals surface area (Å²) in [5.41, 5.74) is 2.26. The molecule has 0 saturated carbocycles. The van der Waals surface area contributed by atoms with Crippen LogP contribution in [0.15, 0.2) is 40.3 Å². The predicted octanol–water partition coefficient (Wildman–Crippen LogP) is 5.00. The zero-order valence-corrected chi connectivity index (χ0v) is 22.3. The number of aromatic nitrogens is 3. The Morgan fingerprint density at radius 1 is 1.14 bits per heavy atom. The lowest BCUT2D eigenvalue weighted by molar-refractivity contribution is -0.113. The number of thiazole rings is 1. The van der Waals surface area contributed by atoms with E-state index in [1.165, 1.54) is 16.6 Å². The molecule has 4 aromatic rings. The number of thiophene rings is 1. The number of carbonyl (C=O) groups is 2. The number of hydrogen-bond donors (Lipinski definition) is 1. The fourth-order valence-corrected chi connectivity index (χ4v) is 7.20. The Morgan fingerprint density at radius 2 is 1.92 bits per heavy atom. The molecule has 1 aliphatic carbocycles. The lowest BCUT2D eigenvalue weighted by Gasteiger charge is -2.13. The summed E-state index contributed by atoms with van der Waals surface area (Å²) >= 11 is 3.87. The standard InChI is InChI=1S/C25H24N4O4S3/c1-3-33-23(32)20-14(2)26-24(36-20)27-18(30)13-34-25-28-21-19(16-11-7-8-12-17(16)35-21)22(31)29(25)15-9-5-4-6-10-15/h4-6,9-10H,3,7-8,11-13H2,1-2H3,(H,26,27,30). The number of rotatable bonds is 7. The van der Waals surface area contributed by atoms with Crippen molar-refractivity contribution in [2.45, 2.75) is 44.7 Å². The summed E-state index contributed by atoms with van der Waals surface area (Å²) in [4.78, 5) is 50.0. The van der Waals surface area contributed by atoms with Gasteiger partial charge in [0.15, 0.2) is 10.3 Å². The molecule has 36 heavy (non-hydrogen) atoms. The summed E-state index contributed by atoms with van der Waals surface area (Å²) in [5, 5.41) is 4.25. The number of esters is 1. The third-order valence-electron chi connectivity index (χ3n) is 5.81. The van der Waals surface area contributed by atoms with Crippen molar-refractivity contribution in [3.63, 3.8) is 0 Å². The second-order valence-electron chi connectivity index (χ2n) is 8.25. The summed E-state index contributed by atoms with van der Waals surface area (Å²) < 4.78 is 6.64. The molecule has 8 nitrogen and oxygen atoms in total. The Labute approximate surface area is 219 Å². The van der Waals surface area contributed by atoms with Crippen LogP contribution in [0.3, 0.4) is 0 Å². The van der Waals surface area contributed by atoms with Crippen molar-refractivity contribution < 1.29 is 14.3 Å². The number of benzene rings is 1. The van der Waals surface area contributed by atoms with Gasteiger partial charge in [-0.05, 0) is 57.2 Å². The van der Waals surface area contributed by atoms with E-state index in [1.807, 2.05) is 30.3 Å². The monoisotopic (exact) mass is 540 g/mol. The van der Waals surface area contributed by atoms with E-state index in [2.05, 4.69) is 10.3 Å². The van der Waals surface area contributed by atoms with Gasteiger partial charge in [0.2, 0.25) is 5.91 Å². The third kappa shape index (κ3) is 4.82. The van der Waals surface area contributed by atoms with Gasteiger partial charge in [-0.1, -0.05) is 41.3 Å². The maximum absolute atomic E-state index is 13.7. The molecule has 1 amide bonds. The third-order valence-corrected chi connectivity index (χ3v) is 8.99. The first-order valence-corrected chi connectivity index (χ1v) is 14.3. The molecular weight excluding hydrogens is 517 g/mol. The fraction of sp³-hybridized carbons (Fsp3) is 0.320. The van der Waals surface area contributed by atoms with Crippen LogP contribution in [0.1, 0.15) is 45.6 Å². The molecule has 0 radical (unpaired) electrons. The minimum atomic E-state index is -0.453. The predicted molar refractivity (Wildman–Crippen MR) is 144 cm³/mol. The first kappa shape index (κ1) is 24.7. The molecule has 3 aromatic heterocycles. The van der Waals surface area contributed by atoms with E-state index in [-0.39, 0.29) is 23.8 Å². The zero-order chi connectivity index (χ0) is 25.2. The highest BCUT2D eigenvalue weighted by Gasteiger charge is 2.23. The van der Waals surface area contributed by atoms with E-state index in [0.29, 0.717) is 31.9 Å². The summed E-state index contributed by atoms with van der Waals surface area (Å²) in [6, 6.07) is 9.39. The van der Waals surface area contributed by atoms with Crippen LogP contribution < -0.4 is 10.9 Å². The minimum absolute atomic E-state index is 0.0310. The van der Waals surface area contributed by atoms with Crippen LogP contribution in [0.4, 0.5) is 5.13 Å². The van der Waals surface area contributed by atoms with Crippen LogP contribution in [-0.2, 0) is 22.4 Å². The van der Waals surface area contributed by atoms with Gasteiger partial charge in [0.1, 0.15) is 9.71 Å². The maximum atomic E-state index is 13.7. The number of nitrogens with one attached hydrogen (secondary N) is 1. The van der Waals surface area contributed by atoms with E-state index in [0.717, 1.165) is 47.4 Å². The molecule has 0 fully saturated rings. The second kappa shape index (κ2) is 10.5. The lowest BCUT2D eigenvalue weighted by atomic mass is 9.97. The highest BCUT2D eigenvalue weighted by molar-refractivity contribution is 7.99. The largest absolute Gasteiger partial charge is 0.462 e. The molecule has 0 atom stereocenters. The van der Waals surface area contributed by atoms with Crippen molar-refractivity contribution in [3.05, 3.63) is 61.7 Å². The summed E-state index contributed by atoms with van der Waals surface area (Å²) in [6.45, 7) is 3.70. The van der Waals surface area contributed by atoms with Gasteiger partial charge >= 0.3 is 5.97 Å². The number of hydrogen-bond acceptors (Lipinski definition) is 9. The normalized spacial score (nSPS) is 12.9. The van der Waals surface area contributed by atoms with Gasteiger partial charge in [0.25, 0.3) is 5.56 Å². The highest BCUT2D eigenvalue weighted by Crippen LogP contribution is 2.35. The van der Waals surface area contributed by atoms with Crippen molar-refractivity contribution in [1.29, 1.82) is 0 Å². The Hall–Kier alpha value is -3.02. The molecule has 0 aliphatic heterocycles. The van der Waals surface area contributed by atoms with Crippen molar-refractivity contribution in [3.8, 4) is 5.69 Å². The molecule has 1 N–H and O–H groups in total. The van der Waals surface area contributed by atoms with Gasteiger partial charge in [-0.15, -0.1) is 11.3 Å². The van der Waals surface area contributed by atoms with E-state index in [9.17, 15) is 14.4 Å². The average Bonchev–Trinajstić information content (AvgIpc) is 3.43. The fourth-order valence-electron chi connectivity index (χ4n) is 4.21. The van der Waals surface area contributed by atoms with Crippen LogP contribution in [0.25, 0.3) is 15.9 Å². The number of amides is 1. The quantitative estimate of drug-likeness (QED) is 0.200. The first-order valence-electron chi connectivity index (χ1n) is 11.7. The van der Waals surface area contributed by atoms with E-state index < -0.39 is 5.97 Å². The molecule has 11 heteroatoms. The molecule has 1 aromatic carbocycles. The summed E-state index contributed by atoms with van der Waals surface area (Å²) in [7, 11) is 0. The average molecular weight is 541 g/mol. The van der Waals surface area contributed by atoms with Gasteiger partial charge in [-0.3, -0.25) is 14.2 Å². The molecule has 3 heterocycles. The van der Waals surface area contributed by atoms with Crippen LogP contribution in [0.2, 0.25) is 0 Å². The first-order chi connectivity index (χ1) is 17.5. The molecular formula is C25H24N4O4S3. The van der Waals surface area contributed by atoms with Crippen molar-refractivity contribution in [1.82, 2.24) is 14.5 Å². The Balaban J connectivity index is 1.43. The number of ether oxygens (including phenoxy) is 1. The Morgan fingerprint density at radius 3 is 2.69 bits per heavy atom. The summed E-state index contributed by atoms with van der Waals surface area (Å²) in [5.74, 6) is -0.725. The van der Waals surface area contributed by atoms with Gasteiger partial charge in [-0.25, -0.2) is 14.8 Å². The molecule has 1 aliphatic rings. The number of fused-ring (bicyclic) bond motifs is 3. The van der Waals surface area contributed by atoms with E-state index in [4.69, 9.17) is 9.72 Å². The number of anilines is 1. The molecule has 0 unspecified atom stereocenters.